The van der Waals surface area contributed by atoms with E-state index in [2.05, 4.69) is 6.07 Å². The molecule has 0 radical (unpaired) electrons. The maximum Gasteiger partial charge on any atom is 0.167 e. The number of nitrogen functional groups attached to an aromatic ring is 2. The number of benzene rings is 3. The van der Waals surface area contributed by atoms with Crippen molar-refractivity contribution >= 4 is 11.4 Å². The van der Waals surface area contributed by atoms with E-state index in [9.17, 15) is 0 Å². The molecule has 0 aliphatic heterocycles. The third kappa shape index (κ3) is 4.34. The molecule has 3 aromatic rings. The van der Waals surface area contributed by atoms with Crippen molar-refractivity contribution in [3.8, 4) is 23.0 Å². The normalized spacial score (nSPS) is 36.1. The average Bonchev–Trinajstić information content (AvgIpc) is 2.94. The van der Waals surface area contributed by atoms with Gasteiger partial charge in [-0.15, -0.1) is 0 Å². The first-order chi connectivity index (χ1) is 21.2. The van der Waals surface area contributed by atoms with Crippen LogP contribution in [-0.2, 0) is 10.8 Å². The fourth-order valence-corrected chi connectivity index (χ4v) is 11.9. The van der Waals surface area contributed by atoms with Crippen molar-refractivity contribution in [2.24, 2.45) is 35.5 Å². The highest BCUT2D eigenvalue weighted by Crippen LogP contribution is 2.66. The second kappa shape index (κ2) is 9.61. The standard InChI is InChI=1S/C38H42F2N2O2/c39-31-11-27(41)1-3-33(31)43-35-14-36(44-34-4-2-28(42)12-32(34)40)30(38-18-24-8-25(19-38)10-26(9-24)20-38)13-29(35)37-15-21-5-22(16-37)7-23(6-21)17-37/h1-4,11-14,21-26H,5-10,15-20,41-42H2. The predicted molar refractivity (Wildman–Crippen MR) is 168 cm³/mol. The lowest BCUT2D eigenvalue weighted by Crippen LogP contribution is -2.50. The van der Waals surface area contributed by atoms with E-state index in [0.717, 1.165) is 74.0 Å². The minimum Gasteiger partial charge on any atom is -0.454 e. The number of ether oxygens (including phenoxy) is 2. The maximum atomic E-state index is 15.3. The first-order valence-electron chi connectivity index (χ1n) is 16.9. The third-order valence-corrected chi connectivity index (χ3v) is 12.7. The van der Waals surface area contributed by atoms with Crippen molar-refractivity contribution in [1.82, 2.24) is 0 Å². The number of halogens is 2. The summed E-state index contributed by atoms with van der Waals surface area (Å²) in [4.78, 5) is 0. The van der Waals surface area contributed by atoms with E-state index < -0.39 is 11.6 Å². The van der Waals surface area contributed by atoms with Crippen molar-refractivity contribution < 1.29 is 18.3 Å². The zero-order valence-electron chi connectivity index (χ0n) is 25.3. The van der Waals surface area contributed by atoms with Crippen LogP contribution in [0.4, 0.5) is 20.2 Å². The molecule has 4 nitrogen and oxygen atoms in total. The molecule has 0 spiro atoms. The van der Waals surface area contributed by atoms with E-state index in [1.165, 1.54) is 61.8 Å². The zero-order valence-corrected chi connectivity index (χ0v) is 25.3. The van der Waals surface area contributed by atoms with Crippen LogP contribution >= 0.6 is 0 Å². The number of nitrogens with two attached hydrogens (primary N) is 2. The van der Waals surface area contributed by atoms with E-state index in [1.807, 2.05) is 6.07 Å². The van der Waals surface area contributed by atoms with Gasteiger partial charge in [-0.2, -0.15) is 0 Å². The summed E-state index contributed by atoms with van der Waals surface area (Å²) in [5, 5.41) is 0. The molecule has 11 rings (SSSR count). The van der Waals surface area contributed by atoms with Crippen LogP contribution in [0.1, 0.15) is 88.2 Å². The lowest BCUT2D eigenvalue weighted by molar-refractivity contribution is -0.00940. The fraction of sp³-hybridized carbons (Fsp3) is 0.526. The van der Waals surface area contributed by atoms with Gasteiger partial charge in [0.05, 0.1) is 0 Å². The maximum absolute atomic E-state index is 15.3. The molecule has 3 aromatic carbocycles. The lowest BCUT2D eigenvalue weighted by Gasteiger charge is -2.58. The highest BCUT2D eigenvalue weighted by Gasteiger charge is 2.55. The van der Waals surface area contributed by atoms with Gasteiger partial charge in [0.15, 0.2) is 23.1 Å². The zero-order chi connectivity index (χ0) is 29.8. The largest absolute Gasteiger partial charge is 0.454 e. The van der Waals surface area contributed by atoms with Crippen LogP contribution < -0.4 is 20.9 Å². The van der Waals surface area contributed by atoms with Crippen LogP contribution in [0.3, 0.4) is 0 Å². The van der Waals surface area contributed by atoms with E-state index >= 15 is 8.78 Å². The van der Waals surface area contributed by atoms with E-state index in [0.29, 0.717) is 22.9 Å². The van der Waals surface area contributed by atoms with Gasteiger partial charge in [0, 0.05) is 40.7 Å². The minimum atomic E-state index is -0.487. The van der Waals surface area contributed by atoms with Gasteiger partial charge in [-0.25, -0.2) is 8.78 Å². The van der Waals surface area contributed by atoms with Gasteiger partial charge in [-0.1, -0.05) is 0 Å². The summed E-state index contributed by atoms with van der Waals surface area (Å²) in [6, 6.07) is 13.6. The van der Waals surface area contributed by atoms with Crippen molar-refractivity contribution in [3.63, 3.8) is 0 Å². The van der Waals surface area contributed by atoms with E-state index in [-0.39, 0.29) is 22.3 Å². The predicted octanol–water partition coefficient (Wildman–Crippen LogP) is 9.65. The van der Waals surface area contributed by atoms with Crippen molar-refractivity contribution in [2.75, 3.05) is 11.5 Å². The molecule has 0 atom stereocenters. The van der Waals surface area contributed by atoms with Crippen LogP contribution in [0.15, 0.2) is 48.5 Å². The van der Waals surface area contributed by atoms with Crippen molar-refractivity contribution in [3.05, 3.63) is 71.3 Å². The molecule has 44 heavy (non-hydrogen) atoms. The van der Waals surface area contributed by atoms with Crippen molar-refractivity contribution in [1.29, 1.82) is 0 Å². The summed E-state index contributed by atoms with van der Waals surface area (Å²) in [6.07, 6.45) is 15.0. The number of rotatable bonds is 6. The summed E-state index contributed by atoms with van der Waals surface area (Å²) < 4.78 is 43.6. The SMILES string of the molecule is Nc1ccc(Oc2cc(Oc3ccc(N)cc3F)c(C34CC5CC(CC(C5)C3)C4)cc2C23CC4CC(CC(C4)C2)C3)c(F)c1. The molecule has 8 aliphatic rings. The Balaban J connectivity index is 1.24. The topological polar surface area (TPSA) is 70.5 Å². The molecule has 8 aliphatic carbocycles. The van der Waals surface area contributed by atoms with Gasteiger partial charge in [0.1, 0.15) is 11.5 Å². The van der Waals surface area contributed by atoms with Crippen LogP contribution in [0.25, 0.3) is 0 Å². The van der Waals surface area contributed by atoms with Gasteiger partial charge >= 0.3 is 0 Å². The quantitative estimate of drug-likeness (QED) is 0.278. The molecule has 0 aromatic heterocycles. The molecule has 0 unspecified atom stereocenters. The number of anilines is 2. The van der Waals surface area contributed by atoms with E-state index in [1.54, 1.807) is 24.3 Å². The van der Waals surface area contributed by atoms with Crippen molar-refractivity contribution in [2.45, 2.75) is 87.9 Å². The summed E-state index contributed by atoms with van der Waals surface area (Å²) in [7, 11) is 0. The molecule has 8 fully saturated rings. The molecule has 0 saturated heterocycles. The van der Waals surface area contributed by atoms with Gasteiger partial charge in [0.2, 0.25) is 0 Å². The first-order valence-corrected chi connectivity index (χ1v) is 16.9. The molecule has 6 heteroatoms. The Bertz CT molecular complexity index is 1460. The van der Waals surface area contributed by atoms with Gasteiger partial charge in [-0.3, -0.25) is 0 Å². The number of hydrogen-bond donors (Lipinski definition) is 2. The van der Waals surface area contributed by atoms with E-state index in [4.69, 9.17) is 20.9 Å². The average molecular weight is 597 g/mol. The molecule has 4 N–H and O–H groups in total. The Morgan fingerprint density at radius 2 is 0.818 bits per heavy atom. The smallest absolute Gasteiger partial charge is 0.167 e. The van der Waals surface area contributed by atoms with Gasteiger partial charge in [-0.05, 0) is 154 Å². The Morgan fingerprint density at radius 1 is 0.477 bits per heavy atom. The highest BCUT2D eigenvalue weighted by atomic mass is 19.1. The summed E-state index contributed by atoms with van der Waals surface area (Å²) in [5.74, 6) is 5.04. The Morgan fingerprint density at radius 3 is 1.14 bits per heavy atom. The molecule has 8 saturated carbocycles. The second-order valence-electron chi connectivity index (χ2n) is 15.8. The summed E-state index contributed by atoms with van der Waals surface area (Å²) in [5.41, 5.74) is 14.9. The monoisotopic (exact) mass is 596 g/mol. The van der Waals surface area contributed by atoms with Crippen LogP contribution in [-0.4, -0.2) is 0 Å². The Hall–Kier alpha value is -3.28. The first kappa shape index (κ1) is 27.1. The highest BCUT2D eigenvalue weighted by molar-refractivity contribution is 5.57. The molecule has 0 amide bonds. The molecular weight excluding hydrogens is 554 g/mol. The minimum absolute atomic E-state index is 0.0103. The number of hydrogen-bond acceptors (Lipinski definition) is 4. The summed E-state index contributed by atoms with van der Waals surface area (Å²) in [6.45, 7) is 0. The molecule has 0 heterocycles. The molecular formula is C38H42F2N2O2. The van der Waals surface area contributed by atoms with Gasteiger partial charge in [0.25, 0.3) is 0 Å². The van der Waals surface area contributed by atoms with Gasteiger partial charge < -0.3 is 20.9 Å². The summed E-state index contributed by atoms with van der Waals surface area (Å²) >= 11 is 0. The Labute approximate surface area is 258 Å². The molecule has 230 valence electrons. The Kier molecular flexibility index (Phi) is 5.91. The third-order valence-electron chi connectivity index (χ3n) is 12.7. The van der Waals surface area contributed by atoms with Crippen LogP contribution in [0.5, 0.6) is 23.0 Å². The van der Waals surface area contributed by atoms with Crippen LogP contribution in [0.2, 0.25) is 0 Å². The lowest BCUT2D eigenvalue weighted by atomic mass is 9.46. The second-order valence-corrected chi connectivity index (χ2v) is 15.8. The fourth-order valence-electron chi connectivity index (χ4n) is 11.9. The van der Waals surface area contributed by atoms with Crippen LogP contribution in [0, 0.1) is 47.1 Å². The molecule has 8 bridgehead atoms.